The molecule has 58 heavy (non-hydrogen) atoms. The first-order valence-electron chi connectivity index (χ1n) is 20.4. The lowest BCUT2D eigenvalue weighted by Gasteiger charge is -2.25. The van der Waals surface area contributed by atoms with Gasteiger partial charge in [0.1, 0.15) is 22.9 Å². The van der Waals surface area contributed by atoms with Crippen molar-refractivity contribution in [2.24, 2.45) is 0 Å². The van der Waals surface area contributed by atoms with Crippen molar-refractivity contribution in [1.29, 1.82) is 0 Å². The average molecular weight is 744 g/mol. The van der Waals surface area contributed by atoms with Crippen LogP contribution in [-0.2, 0) is 0 Å². The summed E-state index contributed by atoms with van der Waals surface area (Å²) in [6.45, 7) is 2.32. The molecule has 1 aliphatic rings. The molecule has 0 spiro atoms. The van der Waals surface area contributed by atoms with Crippen molar-refractivity contribution in [3.8, 4) is 22.3 Å². The van der Waals surface area contributed by atoms with Gasteiger partial charge in [0.15, 0.2) is 0 Å². The molecule has 9 aromatic carbocycles. The molecular formula is C55H39N2O+. The molecule has 12 rings (SSSR count). The number of aromatic nitrogens is 1. The van der Waals surface area contributed by atoms with Gasteiger partial charge < -0.3 is 14.3 Å². The second kappa shape index (κ2) is 12.9. The second-order valence-electron chi connectivity index (χ2n) is 15.8. The maximum atomic E-state index is 6.09. The fourth-order valence-electron chi connectivity index (χ4n) is 9.63. The van der Waals surface area contributed by atoms with E-state index in [1.807, 2.05) is 12.1 Å². The fourth-order valence-corrected chi connectivity index (χ4v) is 9.63. The number of furan rings is 1. The molecule has 3 heterocycles. The summed E-state index contributed by atoms with van der Waals surface area (Å²) in [7, 11) is 0. The number of para-hydroxylation sites is 2. The number of nitrogens with two attached hydrogens (primary N) is 1. The Hall–Kier alpha value is -7.20. The predicted octanol–water partition coefficient (Wildman–Crippen LogP) is 11.5. The third-order valence-corrected chi connectivity index (χ3v) is 12.5. The number of hydrogen-bond acceptors (Lipinski definition) is 1. The normalized spacial score (nSPS) is 14.4. The van der Waals surface area contributed by atoms with E-state index in [0.717, 1.165) is 28.4 Å². The Labute approximate surface area is 335 Å². The largest absolute Gasteiger partial charge is 0.456 e. The highest BCUT2D eigenvalue weighted by Gasteiger charge is 2.29. The summed E-state index contributed by atoms with van der Waals surface area (Å²) in [5.41, 5.74) is 13.1. The number of benzene rings is 9. The van der Waals surface area contributed by atoms with E-state index in [2.05, 4.69) is 193 Å². The Balaban J connectivity index is 0.990. The first kappa shape index (κ1) is 33.0. The molecule has 2 N–H and O–H groups in total. The van der Waals surface area contributed by atoms with E-state index in [0.29, 0.717) is 0 Å². The lowest BCUT2D eigenvalue weighted by atomic mass is 9.96. The second-order valence-corrected chi connectivity index (χ2v) is 15.8. The highest BCUT2D eigenvalue weighted by atomic mass is 16.3. The zero-order chi connectivity index (χ0) is 38.3. The molecule has 0 amide bonds. The summed E-state index contributed by atoms with van der Waals surface area (Å²) in [6.07, 6.45) is 0.999. The van der Waals surface area contributed by atoms with Crippen LogP contribution >= 0.6 is 0 Å². The van der Waals surface area contributed by atoms with Gasteiger partial charge >= 0.3 is 0 Å². The number of nitrogens with zero attached hydrogens (tertiary/aromatic N) is 1. The minimum absolute atomic E-state index is 0.234. The van der Waals surface area contributed by atoms with Crippen molar-refractivity contribution in [1.82, 2.24) is 4.57 Å². The summed E-state index contributed by atoms with van der Waals surface area (Å²) in [5, 5.41) is 15.0. The monoisotopic (exact) mass is 743 g/mol. The Morgan fingerprint density at radius 3 is 1.88 bits per heavy atom. The van der Waals surface area contributed by atoms with E-state index < -0.39 is 0 Å². The molecule has 1 atom stereocenters. The van der Waals surface area contributed by atoms with E-state index in [4.69, 9.17) is 4.42 Å². The summed E-state index contributed by atoms with van der Waals surface area (Å²) in [6, 6.07) is 69.3. The topological polar surface area (TPSA) is 34.7 Å². The van der Waals surface area contributed by atoms with E-state index >= 15 is 0 Å². The molecule has 1 aliphatic heterocycles. The summed E-state index contributed by atoms with van der Waals surface area (Å²) in [4.78, 5) is 0. The smallest absolute Gasteiger partial charge is 0.145 e. The van der Waals surface area contributed by atoms with Crippen LogP contribution < -0.4 is 15.8 Å². The zero-order valence-corrected chi connectivity index (χ0v) is 32.1. The molecule has 274 valence electrons. The average Bonchev–Trinajstić information content (AvgIpc) is 3.82. The van der Waals surface area contributed by atoms with E-state index in [-0.39, 0.29) is 6.04 Å². The molecule has 3 nitrogen and oxygen atoms in total. The molecule has 0 bridgehead atoms. The fraction of sp³-hybridized carbons (Fsp3) is 0.0545. The lowest BCUT2D eigenvalue weighted by Crippen LogP contribution is -2.91. The van der Waals surface area contributed by atoms with Crippen LogP contribution in [-0.4, -0.2) is 10.6 Å². The minimum atomic E-state index is 0.234. The molecule has 0 saturated carbocycles. The number of quaternary nitrogens is 1. The van der Waals surface area contributed by atoms with Crippen molar-refractivity contribution in [3.05, 3.63) is 204 Å². The Morgan fingerprint density at radius 2 is 1.03 bits per heavy atom. The van der Waals surface area contributed by atoms with Gasteiger partial charge in [-0.15, -0.1) is 0 Å². The van der Waals surface area contributed by atoms with Crippen LogP contribution in [0.25, 0.3) is 98.9 Å². The number of hydrogen-bond donors (Lipinski definition) is 1. The Bertz CT molecular complexity index is 3590. The highest BCUT2D eigenvalue weighted by Crippen LogP contribution is 2.37. The first-order chi connectivity index (χ1) is 28.7. The molecule has 0 aliphatic carbocycles. The summed E-state index contributed by atoms with van der Waals surface area (Å²) >= 11 is 0. The third kappa shape index (κ3) is 5.10. The molecule has 0 saturated heterocycles. The maximum absolute atomic E-state index is 6.09. The van der Waals surface area contributed by atoms with Crippen molar-refractivity contribution < 1.29 is 9.73 Å². The van der Waals surface area contributed by atoms with Gasteiger partial charge in [0, 0.05) is 44.0 Å². The van der Waals surface area contributed by atoms with Crippen LogP contribution in [0.3, 0.4) is 0 Å². The van der Waals surface area contributed by atoms with Crippen molar-refractivity contribution in [2.45, 2.75) is 19.4 Å². The zero-order valence-electron chi connectivity index (χ0n) is 32.1. The first-order valence-corrected chi connectivity index (χ1v) is 20.4. The molecular weight excluding hydrogens is 705 g/mol. The quantitative estimate of drug-likeness (QED) is 0.187. The van der Waals surface area contributed by atoms with Crippen molar-refractivity contribution >= 4 is 76.7 Å². The molecule has 0 radical (unpaired) electrons. The number of fused-ring (bicyclic) bond motifs is 9. The van der Waals surface area contributed by atoms with Gasteiger partial charge in [0.2, 0.25) is 0 Å². The standard InChI is InChI=1S/C55H38N2O/c1-2-49-55(46-16-6-5-15-45(46)54(56-49)41-26-23-34-11-3-4-12-37(34)29-41)57-50-17-9-7-13-43(50)47-32-42-30-38(24-25-40(42)33-51(47)57)35-19-21-36(22-20-35)39-27-28-53-48(31-39)44-14-8-10-18-52(44)58-53/h3-33,49,56H,2H2,1H3/p+1. The van der Waals surface area contributed by atoms with E-state index in [9.17, 15) is 0 Å². The molecule has 3 heteroatoms. The van der Waals surface area contributed by atoms with Crippen molar-refractivity contribution in [3.63, 3.8) is 0 Å². The SMILES string of the molecule is CCC1[NH2+]C(c2ccc3ccccc3c2)=c2ccccc2=C1n1c2ccccc2c2cc3cc(-c4ccc(-c5ccc6oc7ccccc7c6c5)cc4)ccc3cc21. The van der Waals surface area contributed by atoms with E-state index in [1.54, 1.807) is 0 Å². The van der Waals surface area contributed by atoms with Crippen LogP contribution in [0, 0.1) is 0 Å². The van der Waals surface area contributed by atoms with E-state index in [1.165, 1.54) is 93.0 Å². The van der Waals surface area contributed by atoms with Crippen LogP contribution in [0.5, 0.6) is 0 Å². The highest BCUT2D eigenvalue weighted by molar-refractivity contribution is 6.14. The van der Waals surface area contributed by atoms with Crippen LogP contribution in [0.2, 0.25) is 0 Å². The molecule has 1 unspecified atom stereocenters. The van der Waals surface area contributed by atoms with Gasteiger partial charge in [0.25, 0.3) is 0 Å². The maximum Gasteiger partial charge on any atom is 0.145 e. The van der Waals surface area contributed by atoms with Gasteiger partial charge in [-0.2, -0.15) is 0 Å². The number of rotatable bonds is 5. The van der Waals surface area contributed by atoms with Gasteiger partial charge in [-0.05, 0) is 104 Å². The molecule has 2 aromatic heterocycles. The van der Waals surface area contributed by atoms with Gasteiger partial charge in [-0.25, -0.2) is 0 Å². The Kier molecular flexibility index (Phi) is 7.35. The van der Waals surface area contributed by atoms with Gasteiger partial charge in [-0.1, -0.05) is 134 Å². The molecule has 0 fully saturated rings. The van der Waals surface area contributed by atoms with Crippen LogP contribution in [0.4, 0.5) is 0 Å². The predicted molar refractivity (Wildman–Crippen MR) is 242 cm³/mol. The lowest BCUT2D eigenvalue weighted by molar-refractivity contribution is -0.590. The molecule has 11 aromatic rings. The van der Waals surface area contributed by atoms with Crippen LogP contribution in [0.15, 0.2) is 192 Å². The van der Waals surface area contributed by atoms with Crippen LogP contribution in [0.1, 0.15) is 18.9 Å². The minimum Gasteiger partial charge on any atom is -0.456 e. The summed E-state index contributed by atoms with van der Waals surface area (Å²) in [5.74, 6) is 0. The third-order valence-electron chi connectivity index (χ3n) is 12.5. The van der Waals surface area contributed by atoms with Gasteiger partial charge in [0.05, 0.1) is 16.7 Å². The van der Waals surface area contributed by atoms with Gasteiger partial charge in [-0.3, -0.25) is 0 Å². The van der Waals surface area contributed by atoms with Crippen molar-refractivity contribution in [2.75, 3.05) is 0 Å². The Morgan fingerprint density at radius 1 is 0.431 bits per heavy atom. The summed E-state index contributed by atoms with van der Waals surface area (Å²) < 4.78 is 8.66.